The van der Waals surface area contributed by atoms with Crippen LogP contribution in [0.4, 0.5) is 0 Å². The maximum atomic E-state index is 3.49. The Morgan fingerprint density at radius 1 is 1.39 bits per heavy atom. The van der Waals surface area contributed by atoms with E-state index in [4.69, 9.17) is 0 Å². The molecule has 1 aromatic carbocycles. The Hall–Kier alpha value is -0.900. The monoisotopic (exact) mass is 260 g/mol. The molecule has 3 heteroatoms. The van der Waals surface area contributed by atoms with Crippen LogP contribution in [0, 0.1) is 0 Å². The molecular formula is C15H20N2S. The maximum absolute atomic E-state index is 3.49. The molecule has 96 valence electrons. The van der Waals surface area contributed by atoms with Gasteiger partial charge in [0.15, 0.2) is 0 Å². The van der Waals surface area contributed by atoms with Crippen LogP contribution in [-0.2, 0) is 6.54 Å². The first-order valence-electron chi connectivity index (χ1n) is 6.78. The average Bonchev–Trinajstić information content (AvgIpc) is 2.83. The van der Waals surface area contributed by atoms with Crippen LogP contribution in [0.5, 0.6) is 0 Å². The number of rotatable bonds is 3. The van der Waals surface area contributed by atoms with Crippen molar-refractivity contribution in [2.45, 2.75) is 25.9 Å². The molecule has 1 atom stereocenters. The first-order valence-corrected chi connectivity index (χ1v) is 7.66. The lowest BCUT2D eigenvalue weighted by molar-refractivity contribution is 0.150. The fourth-order valence-electron chi connectivity index (χ4n) is 2.79. The van der Waals surface area contributed by atoms with Gasteiger partial charge in [0.25, 0.3) is 0 Å². The number of piperazine rings is 1. The molecule has 0 radical (unpaired) electrons. The molecule has 0 amide bonds. The lowest BCUT2D eigenvalue weighted by atomic mass is 10.1. The Morgan fingerprint density at radius 2 is 2.28 bits per heavy atom. The molecule has 2 aromatic rings. The van der Waals surface area contributed by atoms with Gasteiger partial charge < -0.3 is 5.32 Å². The van der Waals surface area contributed by atoms with Crippen LogP contribution < -0.4 is 5.32 Å². The van der Waals surface area contributed by atoms with Crippen LogP contribution >= 0.6 is 11.3 Å². The molecule has 0 bridgehead atoms. The van der Waals surface area contributed by atoms with E-state index >= 15 is 0 Å². The van der Waals surface area contributed by atoms with Gasteiger partial charge in [-0.2, -0.15) is 0 Å². The van der Waals surface area contributed by atoms with E-state index in [9.17, 15) is 0 Å². The van der Waals surface area contributed by atoms with Crippen molar-refractivity contribution in [3.05, 3.63) is 35.2 Å². The van der Waals surface area contributed by atoms with Crippen molar-refractivity contribution in [3.8, 4) is 0 Å². The molecule has 0 saturated carbocycles. The second-order valence-corrected chi connectivity index (χ2v) is 5.91. The summed E-state index contributed by atoms with van der Waals surface area (Å²) < 4.78 is 1.41. The normalized spacial score (nSPS) is 21.5. The number of fused-ring (bicyclic) bond motifs is 1. The van der Waals surface area contributed by atoms with Gasteiger partial charge in [-0.15, -0.1) is 11.3 Å². The van der Waals surface area contributed by atoms with Gasteiger partial charge in [-0.25, -0.2) is 0 Å². The summed E-state index contributed by atoms with van der Waals surface area (Å²) in [4.78, 5) is 2.63. The number of hydrogen-bond donors (Lipinski definition) is 1. The van der Waals surface area contributed by atoms with Crippen molar-refractivity contribution in [1.29, 1.82) is 0 Å². The van der Waals surface area contributed by atoms with Gasteiger partial charge in [-0.3, -0.25) is 4.90 Å². The van der Waals surface area contributed by atoms with Gasteiger partial charge in [-0.1, -0.05) is 25.1 Å². The van der Waals surface area contributed by atoms with Gasteiger partial charge in [0.2, 0.25) is 0 Å². The third-order valence-corrected chi connectivity index (χ3v) is 4.89. The second kappa shape index (κ2) is 5.39. The van der Waals surface area contributed by atoms with Gasteiger partial charge in [0.05, 0.1) is 0 Å². The topological polar surface area (TPSA) is 15.3 Å². The molecular weight excluding hydrogens is 240 g/mol. The van der Waals surface area contributed by atoms with E-state index in [-0.39, 0.29) is 0 Å². The van der Waals surface area contributed by atoms with Crippen LogP contribution in [0.15, 0.2) is 29.6 Å². The van der Waals surface area contributed by atoms with Crippen molar-refractivity contribution < 1.29 is 0 Å². The molecule has 3 rings (SSSR count). The summed E-state index contributed by atoms with van der Waals surface area (Å²) in [5.41, 5.74) is 1.50. The average molecular weight is 260 g/mol. The highest BCUT2D eigenvalue weighted by Crippen LogP contribution is 2.27. The Bertz CT molecular complexity index is 520. The fraction of sp³-hybridized carbons (Fsp3) is 0.467. The van der Waals surface area contributed by atoms with Crippen molar-refractivity contribution in [2.24, 2.45) is 0 Å². The summed E-state index contributed by atoms with van der Waals surface area (Å²) in [6.07, 6.45) is 1.23. The van der Waals surface area contributed by atoms with Crippen molar-refractivity contribution in [2.75, 3.05) is 19.6 Å². The van der Waals surface area contributed by atoms with Gasteiger partial charge in [0.1, 0.15) is 0 Å². The number of hydrogen-bond acceptors (Lipinski definition) is 3. The van der Waals surface area contributed by atoms with Crippen molar-refractivity contribution >= 4 is 21.4 Å². The minimum Gasteiger partial charge on any atom is -0.314 e. The van der Waals surface area contributed by atoms with Crippen molar-refractivity contribution in [1.82, 2.24) is 10.2 Å². The zero-order valence-corrected chi connectivity index (χ0v) is 11.7. The second-order valence-electron chi connectivity index (χ2n) is 4.99. The molecule has 0 aliphatic carbocycles. The lowest BCUT2D eigenvalue weighted by Gasteiger charge is -2.35. The fourth-order valence-corrected chi connectivity index (χ4v) is 3.74. The molecule has 1 aliphatic heterocycles. The van der Waals surface area contributed by atoms with E-state index in [0.717, 1.165) is 19.6 Å². The number of thiophene rings is 1. The zero-order valence-electron chi connectivity index (χ0n) is 10.9. The molecule has 0 spiro atoms. The SMILES string of the molecule is CCC1CNCCN1Cc1csc2ccccc12. The molecule has 2 nitrogen and oxygen atoms in total. The van der Waals surface area contributed by atoms with Crippen LogP contribution in [0.1, 0.15) is 18.9 Å². The quantitative estimate of drug-likeness (QED) is 0.912. The highest BCUT2D eigenvalue weighted by Gasteiger charge is 2.21. The molecule has 1 N–H and O–H groups in total. The summed E-state index contributed by atoms with van der Waals surface area (Å²) in [5.74, 6) is 0. The maximum Gasteiger partial charge on any atom is 0.0346 e. The van der Waals surface area contributed by atoms with E-state index in [0.29, 0.717) is 6.04 Å². The summed E-state index contributed by atoms with van der Waals surface area (Å²) in [6, 6.07) is 9.44. The summed E-state index contributed by atoms with van der Waals surface area (Å²) in [5, 5.41) is 7.27. The van der Waals surface area contributed by atoms with E-state index < -0.39 is 0 Å². The predicted molar refractivity (Wildman–Crippen MR) is 79.2 cm³/mol. The van der Waals surface area contributed by atoms with Crippen LogP contribution in [-0.4, -0.2) is 30.6 Å². The Morgan fingerprint density at radius 3 is 3.17 bits per heavy atom. The standard InChI is InChI=1S/C15H20N2S/c1-2-13-9-16-7-8-17(13)10-12-11-18-15-6-4-3-5-14(12)15/h3-6,11,13,16H,2,7-10H2,1H3. The van der Waals surface area contributed by atoms with E-state index in [1.807, 2.05) is 11.3 Å². The van der Waals surface area contributed by atoms with E-state index in [1.165, 1.54) is 28.6 Å². The van der Waals surface area contributed by atoms with E-state index in [1.54, 1.807) is 0 Å². The van der Waals surface area contributed by atoms with Gasteiger partial charge in [-0.05, 0) is 28.8 Å². The molecule has 2 heterocycles. The Balaban J connectivity index is 1.82. The summed E-state index contributed by atoms with van der Waals surface area (Å²) >= 11 is 1.87. The predicted octanol–water partition coefficient (Wildman–Crippen LogP) is 3.09. The molecule has 1 unspecified atom stereocenters. The first kappa shape index (κ1) is 12.2. The van der Waals surface area contributed by atoms with Gasteiger partial charge in [0, 0.05) is 36.9 Å². The molecule has 1 saturated heterocycles. The Labute approximate surface area is 113 Å². The number of benzene rings is 1. The van der Waals surface area contributed by atoms with Gasteiger partial charge >= 0.3 is 0 Å². The van der Waals surface area contributed by atoms with Crippen molar-refractivity contribution in [3.63, 3.8) is 0 Å². The molecule has 1 aliphatic rings. The zero-order chi connectivity index (χ0) is 12.4. The summed E-state index contributed by atoms with van der Waals surface area (Å²) in [7, 11) is 0. The minimum atomic E-state index is 0.692. The van der Waals surface area contributed by atoms with Crippen LogP contribution in [0.2, 0.25) is 0 Å². The van der Waals surface area contributed by atoms with Crippen LogP contribution in [0.25, 0.3) is 10.1 Å². The smallest absolute Gasteiger partial charge is 0.0346 e. The highest BCUT2D eigenvalue weighted by atomic mass is 32.1. The largest absolute Gasteiger partial charge is 0.314 e. The first-order chi connectivity index (χ1) is 8.88. The molecule has 18 heavy (non-hydrogen) atoms. The van der Waals surface area contributed by atoms with Crippen LogP contribution in [0.3, 0.4) is 0 Å². The Kier molecular flexibility index (Phi) is 3.64. The highest BCUT2D eigenvalue weighted by molar-refractivity contribution is 7.17. The van der Waals surface area contributed by atoms with E-state index in [2.05, 4.69) is 46.8 Å². The summed E-state index contributed by atoms with van der Waals surface area (Å²) in [6.45, 7) is 6.82. The molecule has 1 aromatic heterocycles. The third-order valence-electron chi connectivity index (χ3n) is 3.88. The third kappa shape index (κ3) is 2.30. The number of nitrogens with zero attached hydrogens (tertiary/aromatic N) is 1. The minimum absolute atomic E-state index is 0.692. The lowest BCUT2D eigenvalue weighted by Crippen LogP contribution is -2.50. The molecule has 1 fully saturated rings. The number of nitrogens with one attached hydrogen (secondary N) is 1.